The number of amides is 1. The van der Waals surface area contributed by atoms with Crippen LogP contribution >= 0.6 is 11.6 Å². The Morgan fingerprint density at radius 3 is 2.54 bits per heavy atom. The van der Waals surface area contributed by atoms with Crippen molar-refractivity contribution in [1.82, 2.24) is 15.2 Å². The Labute approximate surface area is 223 Å². The molecule has 2 heterocycles. The Balaban J connectivity index is 1.16. The summed E-state index contributed by atoms with van der Waals surface area (Å²) in [5, 5.41) is 8.13. The summed E-state index contributed by atoms with van der Waals surface area (Å²) in [6.07, 6.45) is 0.903. The Kier molecular flexibility index (Phi) is 7.87. The molecule has 7 heteroatoms. The number of halogens is 1. The quantitative estimate of drug-likeness (QED) is 0.288. The third kappa shape index (κ3) is 6.21. The lowest BCUT2D eigenvalue weighted by atomic mass is 10.1. The molecule has 1 aliphatic rings. The molecule has 37 heavy (non-hydrogen) atoms. The van der Waals surface area contributed by atoms with Gasteiger partial charge in [-0.1, -0.05) is 54.1 Å². The molecule has 4 aromatic rings. The van der Waals surface area contributed by atoms with Gasteiger partial charge in [-0.15, -0.1) is 0 Å². The van der Waals surface area contributed by atoms with Crippen LogP contribution in [0.5, 0.6) is 0 Å². The van der Waals surface area contributed by atoms with Crippen LogP contribution in [-0.2, 0) is 0 Å². The smallest absolute Gasteiger partial charge is 0.252 e. The third-order valence-corrected chi connectivity index (χ3v) is 7.09. The van der Waals surface area contributed by atoms with Crippen LogP contribution in [0.4, 0.5) is 17.2 Å². The van der Waals surface area contributed by atoms with Crippen LogP contribution in [0, 0.1) is 6.92 Å². The highest BCUT2D eigenvalue weighted by atomic mass is 35.5. The zero-order valence-electron chi connectivity index (χ0n) is 21.1. The summed E-state index contributed by atoms with van der Waals surface area (Å²) in [5.41, 5.74) is 4.71. The number of anilines is 3. The van der Waals surface area contributed by atoms with Crippen LogP contribution in [0.15, 0.2) is 78.9 Å². The Bertz CT molecular complexity index is 1380. The average Bonchev–Trinajstić information content (AvgIpc) is 2.92. The third-order valence-electron chi connectivity index (χ3n) is 6.85. The van der Waals surface area contributed by atoms with Gasteiger partial charge in [0.2, 0.25) is 0 Å². The molecule has 3 aromatic carbocycles. The second kappa shape index (κ2) is 11.6. The molecule has 2 N–H and O–H groups in total. The number of carbonyl (C=O) groups is 1. The first kappa shape index (κ1) is 25.1. The normalized spacial score (nSPS) is 14.1. The summed E-state index contributed by atoms with van der Waals surface area (Å²) in [6, 6.07) is 25.7. The van der Waals surface area contributed by atoms with Gasteiger partial charge in [-0.2, -0.15) is 0 Å². The summed E-state index contributed by atoms with van der Waals surface area (Å²) in [4.78, 5) is 22.8. The van der Waals surface area contributed by atoms with Crippen molar-refractivity contribution in [2.24, 2.45) is 0 Å². The molecule has 1 aliphatic heterocycles. The summed E-state index contributed by atoms with van der Waals surface area (Å²) in [6.45, 7) is 7.60. The number of para-hydroxylation sites is 2. The second-order valence-electron chi connectivity index (χ2n) is 9.43. The molecule has 0 atom stereocenters. The Hall–Kier alpha value is -3.61. The van der Waals surface area contributed by atoms with E-state index in [-0.39, 0.29) is 5.91 Å². The highest BCUT2D eigenvalue weighted by Crippen LogP contribution is 2.25. The van der Waals surface area contributed by atoms with Crippen molar-refractivity contribution >= 4 is 45.6 Å². The van der Waals surface area contributed by atoms with Crippen LogP contribution in [0.1, 0.15) is 22.3 Å². The maximum Gasteiger partial charge on any atom is 0.252 e. The van der Waals surface area contributed by atoms with Crippen molar-refractivity contribution in [3.05, 3.63) is 95.0 Å². The monoisotopic (exact) mass is 513 g/mol. The number of piperazine rings is 1. The molecule has 0 radical (unpaired) electrons. The fourth-order valence-corrected chi connectivity index (χ4v) is 4.97. The standard InChI is InChI=1S/C30H32ClN5O/c1-22-8-2-4-12-27(22)33-29-21-26(25-11-3-5-13-28(25)34-29)30(37)32-14-7-15-35-16-18-36(19-17-35)24-10-6-9-23(31)20-24/h2-6,8-13,20-21H,7,14-19H2,1H3,(H,32,37)(H,33,34). The van der Waals surface area contributed by atoms with Gasteiger partial charge < -0.3 is 15.5 Å². The predicted molar refractivity (Wildman–Crippen MR) is 153 cm³/mol. The van der Waals surface area contributed by atoms with E-state index in [0.29, 0.717) is 17.9 Å². The largest absolute Gasteiger partial charge is 0.369 e. The van der Waals surface area contributed by atoms with E-state index in [1.54, 1.807) is 0 Å². The van der Waals surface area contributed by atoms with Crippen molar-refractivity contribution in [3.63, 3.8) is 0 Å². The number of aryl methyl sites for hydroxylation is 1. The summed E-state index contributed by atoms with van der Waals surface area (Å²) in [7, 11) is 0. The van der Waals surface area contributed by atoms with Gasteiger partial charge in [0.25, 0.3) is 5.91 Å². The first-order chi connectivity index (χ1) is 18.1. The van der Waals surface area contributed by atoms with Gasteiger partial charge >= 0.3 is 0 Å². The minimum absolute atomic E-state index is 0.0720. The Morgan fingerprint density at radius 1 is 0.946 bits per heavy atom. The number of hydrogen-bond donors (Lipinski definition) is 2. The fourth-order valence-electron chi connectivity index (χ4n) is 4.78. The van der Waals surface area contributed by atoms with E-state index in [1.165, 1.54) is 5.69 Å². The Morgan fingerprint density at radius 2 is 1.73 bits per heavy atom. The fraction of sp³-hybridized carbons (Fsp3) is 0.267. The molecular weight excluding hydrogens is 482 g/mol. The number of aromatic nitrogens is 1. The highest BCUT2D eigenvalue weighted by molar-refractivity contribution is 6.30. The van der Waals surface area contributed by atoms with Crippen LogP contribution in [0.3, 0.4) is 0 Å². The number of hydrogen-bond acceptors (Lipinski definition) is 5. The summed E-state index contributed by atoms with van der Waals surface area (Å²) in [5.74, 6) is 0.591. The minimum Gasteiger partial charge on any atom is -0.369 e. The van der Waals surface area contributed by atoms with E-state index in [4.69, 9.17) is 16.6 Å². The molecular formula is C30H32ClN5O. The molecule has 1 aromatic heterocycles. The lowest BCUT2D eigenvalue weighted by Crippen LogP contribution is -2.47. The van der Waals surface area contributed by atoms with E-state index in [9.17, 15) is 4.79 Å². The minimum atomic E-state index is -0.0720. The van der Waals surface area contributed by atoms with Gasteiger partial charge in [0, 0.05) is 54.5 Å². The van der Waals surface area contributed by atoms with E-state index >= 15 is 0 Å². The molecule has 0 aliphatic carbocycles. The van der Waals surface area contributed by atoms with E-state index in [0.717, 1.165) is 66.3 Å². The zero-order valence-corrected chi connectivity index (χ0v) is 21.8. The number of nitrogens with zero attached hydrogens (tertiary/aromatic N) is 3. The first-order valence-corrected chi connectivity index (χ1v) is 13.2. The number of pyridine rings is 1. The second-order valence-corrected chi connectivity index (χ2v) is 9.87. The van der Waals surface area contributed by atoms with E-state index < -0.39 is 0 Å². The molecule has 1 fully saturated rings. The molecule has 190 valence electrons. The topological polar surface area (TPSA) is 60.5 Å². The van der Waals surface area contributed by atoms with Gasteiger partial charge in [-0.3, -0.25) is 9.69 Å². The van der Waals surface area contributed by atoms with Crippen LogP contribution in [0.2, 0.25) is 5.02 Å². The zero-order chi connectivity index (χ0) is 25.6. The SMILES string of the molecule is Cc1ccccc1Nc1cc(C(=O)NCCCN2CCN(c3cccc(Cl)c3)CC2)c2ccccc2n1. The number of carbonyl (C=O) groups excluding carboxylic acids is 1. The molecule has 5 rings (SSSR count). The van der Waals surface area contributed by atoms with Gasteiger partial charge in [-0.05, 0) is 61.9 Å². The van der Waals surface area contributed by atoms with Crippen LogP contribution in [0.25, 0.3) is 10.9 Å². The van der Waals surface area contributed by atoms with Gasteiger partial charge in [-0.25, -0.2) is 4.98 Å². The van der Waals surface area contributed by atoms with Crippen molar-refractivity contribution in [3.8, 4) is 0 Å². The number of rotatable bonds is 8. The molecule has 0 unspecified atom stereocenters. The maximum absolute atomic E-state index is 13.2. The molecule has 0 saturated carbocycles. The lowest BCUT2D eigenvalue weighted by Gasteiger charge is -2.36. The molecule has 1 amide bonds. The lowest BCUT2D eigenvalue weighted by molar-refractivity contribution is 0.0953. The van der Waals surface area contributed by atoms with E-state index in [1.807, 2.05) is 79.7 Å². The predicted octanol–water partition coefficient (Wildman–Crippen LogP) is 5.88. The van der Waals surface area contributed by atoms with Crippen molar-refractivity contribution in [2.75, 3.05) is 49.5 Å². The van der Waals surface area contributed by atoms with Gasteiger partial charge in [0.15, 0.2) is 0 Å². The first-order valence-electron chi connectivity index (χ1n) is 12.8. The molecule has 6 nitrogen and oxygen atoms in total. The van der Waals surface area contributed by atoms with Crippen LogP contribution < -0.4 is 15.5 Å². The van der Waals surface area contributed by atoms with Crippen molar-refractivity contribution in [2.45, 2.75) is 13.3 Å². The molecule has 0 spiro atoms. The summed E-state index contributed by atoms with van der Waals surface area (Å²) >= 11 is 6.15. The van der Waals surface area contributed by atoms with Crippen molar-refractivity contribution in [1.29, 1.82) is 0 Å². The molecule has 1 saturated heterocycles. The van der Waals surface area contributed by atoms with Gasteiger partial charge in [0.05, 0.1) is 11.1 Å². The number of benzene rings is 3. The summed E-state index contributed by atoms with van der Waals surface area (Å²) < 4.78 is 0. The average molecular weight is 514 g/mol. The molecule has 0 bridgehead atoms. The highest BCUT2D eigenvalue weighted by Gasteiger charge is 2.18. The number of nitrogens with one attached hydrogen (secondary N) is 2. The van der Waals surface area contributed by atoms with Gasteiger partial charge in [0.1, 0.15) is 5.82 Å². The van der Waals surface area contributed by atoms with Crippen molar-refractivity contribution < 1.29 is 4.79 Å². The maximum atomic E-state index is 13.2. The number of fused-ring (bicyclic) bond motifs is 1. The van der Waals surface area contributed by atoms with E-state index in [2.05, 4.69) is 26.5 Å². The van der Waals surface area contributed by atoms with Crippen LogP contribution in [-0.4, -0.2) is 55.1 Å².